The Balaban J connectivity index is 2.57. The van der Waals surface area contributed by atoms with Crippen LogP contribution in [0.1, 0.15) is 0 Å². The molecule has 1 aromatic rings. The van der Waals surface area contributed by atoms with Crippen LogP contribution in [-0.4, -0.2) is 27.4 Å². The first-order chi connectivity index (χ1) is 8.06. The topological polar surface area (TPSA) is 75.3 Å². The molecule has 17 heavy (non-hydrogen) atoms. The molecule has 0 saturated heterocycles. The Bertz CT molecular complexity index is 483. The van der Waals surface area contributed by atoms with Crippen molar-refractivity contribution in [2.24, 2.45) is 0 Å². The lowest BCUT2D eigenvalue weighted by molar-refractivity contribution is -0.119. The second-order valence-corrected chi connectivity index (χ2v) is 5.00. The van der Waals surface area contributed by atoms with Gasteiger partial charge in [0.25, 0.3) is 0 Å². The van der Waals surface area contributed by atoms with E-state index in [2.05, 4.69) is 16.6 Å². The van der Waals surface area contributed by atoms with Crippen molar-refractivity contribution in [1.29, 1.82) is 0 Å². The Hall–Kier alpha value is -1.66. The molecule has 0 aliphatic carbocycles. The van der Waals surface area contributed by atoms with Crippen LogP contribution in [0, 0.1) is 0 Å². The molecule has 92 valence electrons. The van der Waals surface area contributed by atoms with E-state index in [1.807, 2.05) is 0 Å². The minimum atomic E-state index is -3.62. The van der Waals surface area contributed by atoms with Crippen LogP contribution in [0.25, 0.3) is 0 Å². The SMILES string of the molecule is C=CCNC(=O)CNS(=O)(=O)c1ccccc1. The summed E-state index contributed by atoms with van der Waals surface area (Å²) < 4.78 is 25.6. The molecule has 0 radical (unpaired) electrons. The van der Waals surface area contributed by atoms with E-state index in [9.17, 15) is 13.2 Å². The standard InChI is InChI=1S/C11H14N2O3S/c1-2-8-12-11(14)9-13-17(15,16)10-6-4-3-5-7-10/h2-7,13H,1,8-9H2,(H,12,14). The van der Waals surface area contributed by atoms with Crippen LogP contribution in [0.5, 0.6) is 0 Å². The van der Waals surface area contributed by atoms with Gasteiger partial charge in [-0.2, -0.15) is 0 Å². The monoisotopic (exact) mass is 254 g/mol. The fraction of sp³-hybridized carbons (Fsp3) is 0.182. The summed E-state index contributed by atoms with van der Waals surface area (Å²) in [6, 6.07) is 7.88. The highest BCUT2D eigenvalue weighted by Gasteiger charge is 2.14. The molecule has 0 aliphatic heterocycles. The first kappa shape index (κ1) is 13.4. The van der Waals surface area contributed by atoms with Crippen molar-refractivity contribution in [3.05, 3.63) is 43.0 Å². The molecule has 0 spiro atoms. The highest BCUT2D eigenvalue weighted by atomic mass is 32.2. The second-order valence-electron chi connectivity index (χ2n) is 3.23. The summed E-state index contributed by atoms with van der Waals surface area (Å²) in [6.07, 6.45) is 1.52. The van der Waals surface area contributed by atoms with Gasteiger partial charge in [0.2, 0.25) is 15.9 Å². The number of rotatable bonds is 6. The molecular formula is C11H14N2O3S. The predicted molar refractivity (Wildman–Crippen MR) is 64.8 cm³/mol. The summed E-state index contributed by atoms with van der Waals surface area (Å²) >= 11 is 0. The Morgan fingerprint density at radius 1 is 1.29 bits per heavy atom. The van der Waals surface area contributed by atoms with E-state index in [1.54, 1.807) is 18.2 Å². The maximum atomic E-state index is 11.7. The first-order valence-corrected chi connectivity index (χ1v) is 6.47. The van der Waals surface area contributed by atoms with Crippen LogP contribution in [0.3, 0.4) is 0 Å². The summed E-state index contributed by atoms with van der Waals surface area (Å²) in [4.78, 5) is 11.3. The third-order valence-electron chi connectivity index (χ3n) is 1.92. The predicted octanol–water partition coefficient (Wildman–Crippen LogP) is 0.267. The van der Waals surface area contributed by atoms with E-state index in [1.165, 1.54) is 18.2 Å². The molecule has 0 aliphatic rings. The van der Waals surface area contributed by atoms with E-state index in [0.717, 1.165) is 0 Å². The minimum absolute atomic E-state index is 0.136. The number of sulfonamides is 1. The van der Waals surface area contributed by atoms with Crippen LogP contribution in [0.2, 0.25) is 0 Å². The zero-order valence-electron chi connectivity index (χ0n) is 9.22. The van der Waals surface area contributed by atoms with E-state index in [-0.39, 0.29) is 11.4 Å². The van der Waals surface area contributed by atoms with E-state index < -0.39 is 15.9 Å². The lowest BCUT2D eigenvalue weighted by Crippen LogP contribution is -2.36. The van der Waals surface area contributed by atoms with Crippen molar-refractivity contribution in [3.63, 3.8) is 0 Å². The van der Waals surface area contributed by atoms with Gasteiger partial charge in [-0.25, -0.2) is 13.1 Å². The van der Waals surface area contributed by atoms with Gasteiger partial charge in [0.05, 0.1) is 11.4 Å². The number of carbonyl (C=O) groups is 1. The van der Waals surface area contributed by atoms with Crippen LogP contribution >= 0.6 is 0 Å². The average molecular weight is 254 g/mol. The molecule has 0 heterocycles. The highest BCUT2D eigenvalue weighted by molar-refractivity contribution is 7.89. The van der Waals surface area contributed by atoms with Gasteiger partial charge in [-0.15, -0.1) is 6.58 Å². The van der Waals surface area contributed by atoms with Crippen LogP contribution in [0.15, 0.2) is 47.9 Å². The van der Waals surface area contributed by atoms with E-state index in [4.69, 9.17) is 0 Å². The third kappa shape index (κ3) is 4.38. The molecule has 2 N–H and O–H groups in total. The first-order valence-electron chi connectivity index (χ1n) is 4.98. The fourth-order valence-electron chi connectivity index (χ4n) is 1.09. The van der Waals surface area contributed by atoms with Gasteiger partial charge < -0.3 is 5.32 Å². The fourth-order valence-corrected chi connectivity index (χ4v) is 2.10. The lowest BCUT2D eigenvalue weighted by Gasteiger charge is -2.06. The van der Waals surface area contributed by atoms with Gasteiger partial charge >= 0.3 is 0 Å². The Morgan fingerprint density at radius 2 is 1.94 bits per heavy atom. The number of hydrogen-bond donors (Lipinski definition) is 2. The normalized spacial score (nSPS) is 10.8. The van der Waals surface area contributed by atoms with E-state index in [0.29, 0.717) is 6.54 Å². The van der Waals surface area contributed by atoms with Crippen molar-refractivity contribution in [3.8, 4) is 0 Å². The molecule has 0 aromatic heterocycles. The maximum Gasteiger partial charge on any atom is 0.241 e. The van der Waals surface area contributed by atoms with Crippen LogP contribution in [0.4, 0.5) is 0 Å². The summed E-state index contributed by atoms with van der Waals surface area (Å²) in [7, 11) is -3.62. The second kappa shape index (κ2) is 6.17. The number of amides is 1. The van der Waals surface area contributed by atoms with Gasteiger partial charge in [-0.1, -0.05) is 24.3 Å². The molecule has 0 unspecified atom stereocenters. The number of carbonyl (C=O) groups excluding carboxylic acids is 1. The molecule has 0 saturated carbocycles. The van der Waals surface area contributed by atoms with Gasteiger partial charge in [0.15, 0.2) is 0 Å². The van der Waals surface area contributed by atoms with Crippen molar-refractivity contribution in [2.45, 2.75) is 4.90 Å². The van der Waals surface area contributed by atoms with Gasteiger partial charge in [0, 0.05) is 6.54 Å². The molecule has 1 aromatic carbocycles. The van der Waals surface area contributed by atoms with Crippen molar-refractivity contribution in [2.75, 3.05) is 13.1 Å². The Morgan fingerprint density at radius 3 is 2.53 bits per heavy atom. The molecule has 0 fully saturated rings. The van der Waals surface area contributed by atoms with Crippen molar-refractivity contribution in [1.82, 2.24) is 10.0 Å². The quantitative estimate of drug-likeness (QED) is 0.715. The summed E-state index contributed by atoms with van der Waals surface area (Å²) in [5.41, 5.74) is 0. The molecule has 0 bridgehead atoms. The molecular weight excluding hydrogens is 240 g/mol. The van der Waals surface area contributed by atoms with Gasteiger partial charge in [-0.3, -0.25) is 4.79 Å². The third-order valence-corrected chi connectivity index (χ3v) is 3.34. The van der Waals surface area contributed by atoms with Gasteiger partial charge in [-0.05, 0) is 12.1 Å². The van der Waals surface area contributed by atoms with Crippen molar-refractivity contribution >= 4 is 15.9 Å². The maximum absolute atomic E-state index is 11.7. The molecule has 1 rings (SSSR count). The number of benzene rings is 1. The summed E-state index contributed by atoms with van der Waals surface area (Å²) in [5.74, 6) is -0.399. The largest absolute Gasteiger partial charge is 0.352 e. The zero-order valence-corrected chi connectivity index (χ0v) is 10.0. The molecule has 6 heteroatoms. The highest BCUT2D eigenvalue weighted by Crippen LogP contribution is 2.06. The molecule has 5 nitrogen and oxygen atoms in total. The number of nitrogens with one attached hydrogen (secondary N) is 2. The van der Waals surface area contributed by atoms with Crippen LogP contribution < -0.4 is 10.0 Å². The smallest absolute Gasteiger partial charge is 0.241 e. The number of hydrogen-bond acceptors (Lipinski definition) is 3. The Kier molecular flexibility index (Phi) is 4.86. The lowest BCUT2D eigenvalue weighted by atomic mass is 10.4. The minimum Gasteiger partial charge on any atom is -0.352 e. The molecule has 0 atom stereocenters. The summed E-state index contributed by atoms with van der Waals surface area (Å²) in [5, 5.41) is 2.47. The van der Waals surface area contributed by atoms with Crippen LogP contribution in [-0.2, 0) is 14.8 Å². The van der Waals surface area contributed by atoms with E-state index >= 15 is 0 Å². The Labute approximate surface area is 101 Å². The average Bonchev–Trinajstić information content (AvgIpc) is 2.35. The van der Waals surface area contributed by atoms with Crippen molar-refractivity contribution < 1.29 is 13.2 Å². The molecule has 1 amide bonds. The zero-order chi connectivity index (χ0) is 12.7. The summed E-state index contributed by atoms with van der Waals surface area (Å²) in [6.45, 7) is 3.46. The van der Waals surface area contributed by atoms with Gasteiger partial charge in [0.1, 0.15) is 0 Å².